The van der Waals surface area contributed by atoms with Gasteiger partial charge >= 0.3 is 0 Å². The Bertz CT molecular complexity index is 1260. The van der Waals surface area contributed by atoms with Gasteiger partial charge in [0.05, 0.1) is 24.1 Å². The topological polar surface area (TPSA) is 84.9 Å². The van der Waals surface area contributed by atoms with Gasteiger partial charge in [-0.1, -0.05) is 19.1 Å². The number of hydrogen-bond acceptors (Lipinski definition) is 7. The lowest BCUT2D eigenvalue weighted by atomic mass is 9.97. The summed E-state index contributed by atoms with van der Waals surface area (Å²) in [6.07, 6.45) is 3.97. The summed E-state index contributed by atoms with van der Waals surface area (Å²) in [5, 5.41) is 10.6. The summed E-state index contributed by atoms with van der Waals surface area (Å²) >= 11 is 1.48. The summed E-state index contributed by atoms with van der Waals surface area (Å²) in [6, 6.07) is 9.64. The van der Waals surface area contributed by atoms with Crippen LogP contribution in [0.2, 0.25) is 0 Å². The molecule has 1 fully saturated rings. The van der Waals surface area contributed by atoms with E-state index in [0.29, 0.717) is 45.9 Å². The average molecular weight is 527 g/mol. The number of rotatable bonds is 9. The van der Waals surface area contributed by atoms with Crippen molar-refractivity contribution in [2.45, 2.75) is 37.0 Å². The number of aromatic nitrogens is 1. The van der Waals surface area contributed by atoms with E-state index in [9.17, 15) is 13.7 Å². The highest BCUT2D eigenvalue weighted by Crippen LogP contribution is 2.40. The number of pyridine rings is 1. The Balaban J connectivity index is 1.91. The molecule has 192 valence electrons. The molecule has 8 nitrogen and oxygen atoms in total. The zero-order chi connectivity index (χ0) is 26.5. The van der Waals surface area contributed by atoms with Crippen molar-refractivity contribution < 1.29 is 8.42 Å². The van der Waals surface area contributed by atoms with E-state index in [1.54, 1.807) is 12.1 Å². The smallest absolute Gasteiger partial charge is 0.232 e. The summed E-state index contributed by atoms with van der Waals surface area (Å²) in [7, 11) is 2.37. The fourth-order valence-electron chi connectivity index (χ4n) is 4.56. The van der Waals surface area contributed by atoms with Crippen LogP contribution in [-0.4, -0.2) is 65.3 Å². The molecule has 1 aliphatic heterocycles. The minimum absolute atomic E-state index is 0.479. The molecule has 1 aliphatic rings. The molecule has 3 rings (SSSR count). The van der Waals surface area contributed by atoms with Crippen LogP contribution in [0.1, 0.15) is 36.5 Å². The molecule has 1 unspecified atom stereocenters. The maximum absolute atomic E-state index is 11.8. The largest absolute Gasteiger partial charge is 0.365 e. The van der Waals surface area contributed by atoms with Crippen LogP contribution in [0.25, 0.3) is 4.85 Å². The predicted octanol–water partition coefficient (Wildman–Crippen LogP) is 4.53. The van der Waals surface area contributed by atoms with Crippen LogP contribution in [0.4, 0.5) is 17.2 Å². The van der Waals surface area contributed by atoms with Crippen LogP contribution in [-0.2, 0) is 22.2 Å². The van der Waals surface area contributed by atoms with Crippen LogP contribution in [0, 0.1) is 23.8 Å². The molecular formula is C26H34N6O2S2. The first-order valence-electron chi connectivity index (χ1n) is 12.0. The van der Waals surface area contributed by atoms with Crippen LogP contribution in [0.3, 0.4) is 0 Å². The zero-order valence-electron chi connectivity index (χ0n) is 21.7. The van der Waals surface area contributed by atoms with E-state index in [2.05, 4.69) is 34.8 Å². The average Bonchev–Trinajstić information content (AvgIpc) is 2.85. The lowest BCUT2D eigenvalue weighted by molar-refractivity contribution is 0.291. The second kappa shape index (κ2) is 12.0. The van der Waals surface area contributed by atoms with Crippen LogP contribution in [0.15, 0.2) is 29.3 Å². The number of piperidine rings is 1. The van der Waals surface area contributed by atoms with Crippen LogP contribution in [0.5, 0.6) is 0 Å². The zero-order valence-corrected chi connectivity index (χ0v) is 23.3. The maximum atomic E-state index is 11.8. The Labute approximate surface area is 219 Å². The van der Waals surface area contributed by atoms with Gasteiger partial charge in [-0.05, 0) is 62.5 Å². The van der Waals surface area contributed by atoms with Gasteiger partial charge in [0.2, 0.25) is 15.7 Å². The lowest BCUT2D eigenvalue weighted by Crippen LogP contribution is -2.40. The number of nitrogens with zero attached hydrogens (tertiary/aromatic N) is 6. The quantitative estimate of drug-likeness (QED) is 0.350. The Morgan fingerprint density at radius 3 is 2.53 bits per heavy atom. The van der Waals surface area contributed by atoms with E-state index in [0.717, 1.165) is 43.6 Å². The number of anilines is 2. The molecule has 10 heteroatoms. The first kappa shape index (κ1) is 27.8. The van der Waals surface area contributed by atoms with Crippen molar-refractivity contribution in [3.63, 3.8) is 0 Å². The van der Waals surface area contributed by atoms with Gasteiger partial charge in [-0.2, -0.15) is 5.26 Å². The van der Waals surface area contributed by atoms with E-state index < -0.39 is 10.0 Å². The van der Waals surface area contributed by atoms with Crippen molar-refractivity contribution in [1.82, 2.24) is 9.88 Å². The van der Waals surface area contributed by atoms with Gasteiger partial charge in [0, 0.05) is 32.4 Å². The third kappa shape index (κ3) is 6.50. The highest BCUT2D eigenvalue weighted by Gasteiger charge is 2.27. The first-order valence-corrected chi connectivity index (χ1v) is 14.8. The molecule has 1 saturated heterocycles. The standard InChI is InChI=1S/C26H34N6O2S2/c1-7-22-23(15-27)26(35-18-19-10-12-21(13-11-19)31(5)36(6,33)34)29-25(24(22)28-2)32-14-8-9-20(17-32)16-30(3)4/h10-13,20H,7-9,14,16-18H2,1,3-6H3. The Morgan fingerprint density at radius 1 is 1.28 bits per heavy atom. The predicted molar refractivity (Wildman–Crippen MR) is 147 cm³/mol. The van der Waals surface area contributed by atoms with Crippen molar-refractivity contribution >= 4 is 39.0 Å². The highest BCUT2D eigenvalue weighted by molar-refractivity contribution is 7.98. The SMILES string of the molecule is [C-]#[N+]c1c(N2CCCC(CN(C)C)C2)nc(SCc2ccc(N(C)S(C)(=O)=O)cc2)c(C#N)c1CC. The number of sulfonamides is 1. The van der Waals surface area contributed by atoms with Crippen molar-refractivity contribution in [1.29, 1.82) is 5.26 Å². The minimum atomic E-state index is -3.32. The molecule has 0 bridgehead atoms. The van der Waals surface area contributed by atoms with Crippen molar-refractivity contribution in [2.75, 3.05) is 56.2 Å². The molecule has 2 aromatic rings. The molecule has 1 aromatic heterocycles. The molecular weight excluding hydrogens is 492 g/mol. The van der Waals surface area contributed by atoms with Crippen LogP contribution < -0.4 is 9.21 Å². The fourth-order valence-corrected chi connectivity index (χ4v) is 6.02. The van der Waals surface area contributed by atoms with Crippen molar-refractivity contribution in [3.05, 3.63) is 52.4 Å². The van der Waals surface area contributed by atoms with Crippen molar-refractivity contribution in [3.8, 4) is 6.07 Å². The second-order valence-corrected chi connectivity index (χ2v) is 12.4. The first-order chi connectivity index (χ1) is 17.1. The summed E-state index contributed by atoms with van der Waals surface area (Å²) in [4.78, 5) is 13.2. The minimum Gasteiger partial charge on any atom is -0.365 e. The number of thioether (sulfide) groups is 1. The second-order valence-electron chi connectivity index (χ2n) is 9.42. The number of hydrogen-bond donors (Lipinski definition) is 0. The lowest BCUT2D eigenvalue weighted by Gasteiger charge is -2.36. The molecule has 0 radical (unpaired) electrons. The highest BCUT2D eigenvalue weighted by atomic mass is 32.2. The van der Waals surface area contributed by atoms with Gasteiger partial charge in [-0.3, -0.25) is 4.31 Å². The Morgan fingerprint density at radius 2 is 1.97 bits per heavy atom. The third-order valence-corrected chi connectivity index (χ3v) is 8.67. The molecule has 0 N–H and O–H groups in total. The summed E-state index contributed by atoms with van der Waals surface area (Å²) < 4.78 is 24.8. The Hall–Kier alpha value is -2.79. The van der Waals surface area contributed by atoms with E-state index >= 15 is 0 Å². The van der Waals surface area contributed by atoms with Crippen LogP contribution >= 0.6 is 11.8 Å². The van der Waals surface area contributed by atoms with E-state index in [-0.39, 0.29) is 0 Å². The third-order valence-electron chi connectivity index (χ3n) is 6.41. The van der Waals surface area contributed by atoms with Crippen molar-refractivity contribution in [2.24, 2.45) is 5.92 Å². The van der Waals surface area contributed by atoms with Gasteiger partial charge < -0.3 is 9.80 Å². The van der Waals surface area contributed by atoms with Gasteiger partial charge in [0.25, 0.3) is 0 Å². The monoisotopic (exact) mass is 526 g/mol. The van der Waals surface area contributed by atoms with E-state index in [4.69, 9.17) is 11.6 Å². The Kier molecular flexibility index (Phi) is 9.24. The van der Waals surface area contributed by atoms with Gasteiger partial charge in [0.1, 0.15) is 16.9 Å². The summed E-state index contributed by atoms with van der Waals surface area (Å²) in [6.45, 7) is 12.5. The summed E-state index contributed by atoms with van der Waals surface area (Å²) in [5.41, 5.74) is 3.33. The number of benzene rings is 1. The molecule has 1 atom stereocenters. The van der Waals surface area contributed by atoms with Gasteiger partial charge in [-0.25, -0.2) is 18.2 Å². The molecule has 0 amide bonds. The molecule has 0 aliphatic carbocycles. The molecule has 1 aromatic carbocycles. The molecule has 36 heavy (non-hydrogen) atoms. The van der Waals surface area contributed by atoms with E-state index in [1.165, 1.54) is 29.4 Å². The van der Waals surface area contributed by atoms with Gasteiger partial charge in [0.15, 0.2) is 0 Å². The van der Waals surface area contributed by atoms with Gasteiger partial charge in [-0.15, -0.1) is 11.8 Å². The molecule has 2 heterocycles. The normalized spacial score (nSPS) is 16.0. The van der Waals surface area contributed by atoms with E-state index in [1.807, 2.05) is 19.1 Å². The maximum Gasteiger partial charge on any atom is 0.232 e. The summed E-state index contributed by atoms with van der Waals surface area (Å²) in [5.74, 6) is 1.78. The fraction of sp³-hybridized carbons (Fsp3) is 0.500. The number of nitriles is 1. The molecule has 0 spiro atoms. The molecule has 0 saturated carbocycles.